The number of hydrogen-bond acceptors (Lipinski definition) is 5. The Morgan fingerprint density at radius 2 is 1.71 bits per heavy atom. The van der Waals surface area contributed by atoms with Gasteiger partial charge in [0, 0.05) is 35.0 Å². The van der Waals surface area contributed by atoms with Gasteiger partial charge in [-0.3, -0.25) is 19.5 Å². The lowest BCUT2D eigenvalue weighted by Crippen LogP contribution is -2.48. The Morgan fingerprint density at radius 1 is 0.956 bits per heavy atom. The summed E-state index contributed by atoms with van der Waals surface area (Å²) in [4.78, 5) is 39.4. The Morgan fingerprint density at radius 3 is 2.40 bits per heavy atom. The molecule has 1 atom stereocenters. The monoisotopic (exact) mass is 628 g/mol. The highest BCUT2D eigenvalue weighted by Gasteiger charge is 2.29. The molecule has 10 heteroatoms. The summed E-state index contributed by atoms with van der Waals surface area (Å²) in [5.74, 6) is -0.0285. The number of carbonyl (C=O) groups excluding carboxylic acids is 3. The van der Waals surface area contributed by atoms with Crippen LogP contribution in [0.5, 0.6) is 0 Å². The van der Waals surface area contributed by atoms with Crippen LogP contribution in [0.4, 0.5) is 5.69 Å². The fraction of sp³-hybridized carbons (Fsp3) is 0.371. The molecule has 0 radical (unpaired) electrons. The Bertz CT molecular complexity index is 1660. The van der Waals surface area contributed by atoms with Crippen molar-refractivity contribution < 1.29 is 14.4 Å². The molecule has 6 N–H and O–H groups in total. The van der Waals surface area contributed by atoms with Gasteiger partial charge < -0.3 is 21.7 Å². The minimum absolute atomic E-state index is 0. The number of aromatic amines is 1. The summed E-state index contributed by atoms with van der Waals surface area (Å²) in [7, 11) is 0. The standard InChI is InChI=1S/C35H40N6O3.ClH/c1-21-16-26(34(43)38-28-13-14-28)11-15-30(21)24-6-2-22(3-7-24)17-32(40-33(42)25-8-4-23(19-36)5-9-25)35(44)39-29-12-10-27-20-37-41-31(27)18-29;/h2-3,6-7,10-12,15-16,18,20,23,25,28,32H,4-5,8-9,13-14,17,19,36H2,1H3,(H,37,41)(H,38,43)(H,39,44)(H,40,42);1H/t23-,25-,32-;/m0./s1. The van der Waals surface area contributed by atoms with E-state index in [0.29, 0.717) is 36.2 Å². The van der Waals surface area contributed by atoms with Gasteiger partial charge in [-0.1, -0.05) is 30.3 Å². The number of anilines is 1. The number of H-pyrrole nitrogens is 1. The highest BCUT2D eigenvalue weighted by Crippen LogP contribution is 2.29. The van der Waals surface area contributed by atoms with Gasteiger partial charge in [0.25, 0.3) is 5.91 Å². The number of nitrogens with one attached hydrogen (secondary N) is 4. The number of benzene rings is 3. The summed E-state index contributed by atoms with van der Waals surface area (Å²) in [6, 6.07) is 19.0. The maximum absolute atomic E-state index is 13.6. The molecular formula is C35H41ClN6O3. The van der Waals surface area contributed by atoms with Crippen molar-refractivity contribution in [2.75, 3.05) is 11.9 Å². The second-order valence-corrected chi connectivity index (χ2v) is 12.4. The van der Waals surface area contributed by atoms with Gasteiger partial charge in [-0.2, -0.15) is 5.10 Å². The average Bonchev–Trinajstić information content (AvgIpc) is 3.73. The molecule has 45 heavy (non-hydrogen) atoms. The first-order valence-corrected chi connectivity index (χ1v) is 15.6. The summed E-state index contributed by atoms with van der Waals surface area (Å²) in [6.07, 6.45) is 7.62. The third kappa shape index (κ3) is 7.90. The maximum atomic E-state index is 13.6. The first-order valence-electron chi connectivity index (χ1n) is 15.6. The molecule has 3 aromatic carbocycles. The largest absolute Gasteiger partial charge is 0.349 e. The van der Waals surface area contributed by atoms with E-state index >= 15 is 0 Å². The van der Waals surface area contributed by atoms with Crippen LogP contribution in [-0.4, -0.2) is 46.5 Å². The first-order chi connectivity index (χ1) is 21.4. The van der Waals surface area contributed by atoms with Crippen molar-refractivity contribution in [3.8, 4) is 11.1 Å². The molecule has 2 aliphatic carbocycles. The molecule has 1 aromatic heterocycles. The van der Waals surface area contributed by atoms with Crippen LogP contribution in [0, 0.1) is 18.8 Å². The van der Waals surface area contributed by atoms with Crippen molar-refractivity contribution in [2.45, 2.75) is 64.0 Å². The molecular weight excluding hydrogens is 588 g/mol. The van der Waals surface area contributed by atoms with Crippen molar-refractivity contribution in [3.05, 3.63) is 83.6 Å². The molecule has 236 valence electrons. The van der Waals surface area contributed by atoms with Gasteiger partial charge in [0.15, 0.2) is 0 Å². The van der Waals surface area contributed by atoms with Gasteiger partial charge in [-0.15, -0.1) is 12.4 Å². The number of nitrogens with zero attached hydrogens (tertiary/aromatic N) is 1. The third-order valence-corrected chi connectivity index (χ3v) is 9.00. The van der Waals surface area contributed by atoms with Gasteiger partial charge in [0.05, 0.1) is 11.7 Å². The van der Waals surface area contributed by atoms with Gasteiger partial charge in [0.2, 0.25) is 11.8 Å². The topological polar surface area (TPSA) is 142 Å². The van der Waals surface area contributed by atoms with Crippen molar-refractivity contribution in [1.82, 2.24) is 20.8 Å². The normalized spacial score (nSPS) is 18.4. The molecule has 9 nitrogen and oxygen atoms in total. The molecule has 0 bridgehead atoms. The molecule has 2 fully saturated rings. The van der Waals surface area contributed by atoms with Crippen molar-refractivity contribution in [1.29, 1.82) is 0 Å². The third-order valence-electron chi connectivity index (χ3n) is 9.00. The SMILES string of the molecule is Cc1cc(C(=O)NC2CC2)ccc1-c1ccc(C[C@H](NC(=O)[C@H]2CC[C@H](CN)CC2)C(=O)Nc2ccc3cn[nH]c3c2)cc1.Cl. The summed E-state index contributed by atoms with van der Waals surface area (Å²) in [6.45, 7) is 2.66. The lowest BCUT2D eigenvalue weighted by molar-refractivity contribution is -0.130. The Balaban J connectivity index is 0.00000400. The van der Waals surface area contributed by atoms with E-state index in [0.717, 1.165) is 71.7 Å². The molecule has 4 aromatic rings. The maximum Gasteiger partial charge on any atom is 0.251 e. The fourth-order valence-corrected chi connectivity index (χ4v) is 6.08. The molecule has 0 aliphatic heterocycles. The van der Waals surface area contributed by atoms with Gasteiger partial charge >= 0.3 is 0 Å². The quantitative estimate of drug-likeness (QED) is 0.162. The number of nitrogens with two attached hydrogens (primary N) is 1. The molecule has 0 saturated heterocycles. The van der Waals surface area contributed by atoms with Gasteiger partial charge in [-0.25, -0.2) is 0 Å². The minimum Gasteiger partial charge on any atom is -0.349 e. The van der Waals surface area contributed by atoms with Crippen LogP contribution < -0.4 is 21.7 Å². The van der Waals surface area contributed by atoms with Crippen LogP contribution in [0.25, 0.3) is 22.0 Å². The molecule has 0 spiro atoms. The van der Waals surface area contributed by atoms with E-state index in [1.54, 1.807) is 6.20 Å². The molecule has 1 heterocycles. The van der Waals surface area contributed by atoms with Crippen LogP contribution >= 0.6 is 12.4 Å². The lowest BCUT2D eigenvalue weighted by atomic mass is 9.81. The number of rotatable bonds is 10. The Hall–Kier alpha value is -4.21. The summed E-state index contributed by atoms with van der Waals surface area (Å²) in [5, 5.41) is 17.0. The summed E-state index contributed by atoms with van der Waals surface area (Å²) < 4.78 is 0. The molecule has 3 amide bonds. The summed E-state index contributed by atoms with van der Waals surface area (Å²) >= 11 is 0. The van der Waals surface area contributed by atoms with Crippen LogP contribution in [0.3, 0.4) is 0 Å². The highest BCUT2D eigenvalue weighted by atomic mass is 35.5. The van der Waals surface area contributed by atoms with Crippen LogP contribution in [0.1, 0.15) is 60.0 Å². The fourth-order valence-electron chi connectivity index (χ4n) is 6.08. The predicted molar refractivity (Wildman–Crippen MR) is 179 cm³/mol. The van der Waals surface area contributed by atoms with E-state index in [2.05, 4.69) is 26.1 Å². The second kappa shape index (κ2) is 14.3. The molecule has 6 rings (SSSR count). The van der Waals surface area contributed by atoms with E-state index in [1.807, 2.05) is 67.6 Å². The highest BCUT2D eigenvalue weighted by molar-refractivity contribution is 5.99. The zero-order chi connectivity index (χ0) is 30.6. The number of aromatic nitrogens is 2. The number of halogens is 1. The minimum atomic E-state index is -0.746. The predicted octanol–water partition coefficient (Wildman–Crippen LogP) is 5.28. The van der Waals surface area contributed by atoms with Gasteiger partial charge in [-0.05, 0) is 110 Å². The zero-order valence-electron chi connectivity index (χ0n) is 25.5. The molecule has 2 saturated carbocycles. The average molecular weight is 629 g/mol. The molecule has 0 unspecified atom stereocenters. The smallest absolute Gasteiger partial charge is 0.251 e. The number of hydrogen-bond donors (Lipinski definition) is 5. The Kier molecular flexibility index (Phi) is 10.2. The summed E-state index contributed by atoms with van der Waals surface area (Å²) in [5.41, 5.74) is 12.0. The first kappa shape index (κ1) is 32.2. The number of carbonyl (C=O) groups is 3. The van der Waals surface area contributed by atoms with Crippen LogP contribution in [-0.2, 0) is 16.0 Å². The van der Waals surface area contributed by atoms with Crippen molar-refractivity contribution in [3.63, 3.8) is 0 Å². The second-order valence-electron chi connectivity index (χ2n) is 12.4. The number of aryl methyl sites for hydroxylation is 1. The van der Waals surface area contributed by atoms with E-state index in [-0.39, 0.29) is 36.0 Å². The zero-order valence-corrected chi connectivity index (χ0v) is 26.3. The van der Waals surface area contributed by atoms with Gasteiger partial charge in [0.1, 0.15) is 6.04 Å². The number of fused-ring (bicyclic) bond motifs is 1. The van der Waals surface area contributed by atoms with E-state index in [4.69, 9.17) is 5.73 Å². The van der Waals surface area contributed by atoms with Crippen molar-refractivity contribution >= 4 is 46.7 Å². The number of amides is 3. The Labute approximate surface area is 269 Å². The van der Waals surface area contributed by atoms with Crippen molar-refractivity contribution in [2.24, 2.45) is 17.6 Å². The lowest BCUT2D eigenvalue weighted by Gasteiger charge is -2.28. The molecule has 2 aliphatic rings. The van der Waals surface area contributed by atoms with E-state index in [9.17, 15) is 14.4 Å². The van der Waals surface area contributed by atoms with E-state index in [1.165, 1.54) is 0 Å². The van der Waals surface area contributed by atoms with Crippen LogP contribution in [0.2, 0.25) is 0 Å². The van der Waals surface area contributed by atoms with Crippen LogP contribution in [0.15, 0.2) is 66.9 Å². The van der Waals surface area contributed by atoms with E-state index < -0.39 is 6.04 Å².